The second kappa shape index (κ2) is 9.29. The van der Waals surface area contributed by atoms with Crippen LogP contribution in [0, 0.1) is 0 Å². The molecular formula is C22H25ClN2O4S. The summed E-state index contributed by atoms with van der Waals surface area (Å²) in [7, 11) is -1.67. The third-order valence-corrected chi connectivity index (χ3v) is 7.74. The minimum atomic E-state index is -3.26. The van der Waals surface area contributed by atoms with Gasteiger partial charge >= 0.3 is 0 Å². The summed E-state index contributed by atoms with van der Waals surface area (Å²) < 4.78 is 25.6. The maximum absolute atomic E-state index is 13.2. The zero-order chi connectivity index (χ0) is 21.9. The summed E-state index contributed by atoms with van der Waals surface area (Å²) in [6.45, 7) is 2.51. The first-order chi connectivity index (χ1) is 14.2. The molecule has 1 amide bonds. The predicted molar refractivity (Wildman–Crippen MR) is 117 cm³/mol. The zero-order valence-electron chi connectivity index (χ0n) is 17.0. The molecule has 0 saturated carbocycles. The highest BCUT2D eigenvalue weighted by atomic mass is 35.5. The fourth-order valence-electron chi connectivity index (χ4n) is 3.66. The Morgan fingerprint density at radius 3 is 2.17 bits per heavy atom. The molecular weight excluding hydrogens is 424 g/mol. The Balaban J connectivity index is 1.76. The molecule has 0 unspecified atom stereocenters. The number of nitrogens with zero attached hydrogens (tertiary/aromatic N) is 2. The van der Waals surface area contributed by atoms with Gasteiger partial charge in [0.25, 0.3) is 5.91 Å². The van der Waals surface area contributed by atoms with E-state index < -0.39 is 10.0 Å². The van der Waals surface area contributed by atoms with Crippen LogP contribution in [-0.2, 0) is 10.0 Å². The summed E-state index contributed by atoms with van der Waals surface area (Å²) in [6, 6.07) is 13.2. The molecule has 0 radical (unpaired) electrons. The lowest BCUT2D eigenvalue weighted by atomic mass is 9.96. The molecule has 0 N–H and O–H groups in total. The maximum atomic E-state index is 13.2. The molecule has 30 heavy (non-hydrogen) atoms. The molecule has 0 aliphatic carbocycles. The third kappa shape index (κ3) is 4.74. The number of hydrogen-bond acceptors (Lipinski definition) is 4. The van der Waals surface area contributed by atoms with Crippen LogP contribution in [0.5, 0.6) is 0 Å². The van der Waals surface area contributed by atoms with E-state index in [0.29, 0.717) is 47.6 Å². The molecule has 0 aromatic heterocycles. The number of rotatable bonds is 6. The van der Waals surface area contributed by atoms with Crippen LogP contribution in [-0.4, -0.2) is 61.2 Å². The lowest BCUT2D eigenvalue weighted by Crippen LogP contribution is -2.47. The largest absolute Gasteiger partial charge is 0.339 e. The van der Waals surface area contributed by atoms with E-state index >= 15 is 0 Å². The van der Waals surface area contributed by atoms with Gasteiger partial charge in [-0.1, -0.05) is 29.8 Å². The molecule has 8 heteroatoms. The molecule has 2 aromatic carbocycles. The summed E-state index contributed by atoms with van der Waals surface area (Å²) in [4.78, 5) is 27.8. The van der Waals surface area contributed by atoms with Crippen LogP contribution in [0.15, 0.2) is 48.5 Å². The van der Waals surface area contributed by atoms with Crippen molar-refractivity contribution in [3.63, 3.8) is 0 Å². The van der Waals surface area contributed by atoms with E-state index in [-0.39, 0.29) is 23.5 Å². The smallest absolute Gasteiger partial charge is 0.254 e. The molecule has 2 aromatic rings. The van der Waals surface area contributed by atoms with Gasteiger partial charge in [-0.25, -0.2) is 12.7 Å². The second-order valence-electron chi connectivity index (χ2n) is 7.32. The van der Waals surface area contributed by atoms with Crippen molar-refractivity contribution in [1.82, 2.24) is 9.21 Å². The minimum absolute atomic E-state index is 0.0584. The number of ketones is 1. The number of sulfonamides is 1. The number of halogens is 1. The monoisotopic (exact) mass is 448 g/mol. The number of carbonyl (C=O) groups is 2. The first kappa shape index (κ1) is 22.5. The first-order valence-electron chi connectivity index (χ1n) is 9.89. The van der Waals surface area contributed by atoms with Crippen LogP contribution in [0.4, 0.5) is 0 Å². The Kier molecular flexibility index (Phi) is 6.95. The van der Waals surface area contributed by atoms with Crippen molar-refractivity contribution in [1.29, 1.82) is 0 Å². The van der Waals surface area contributed by atoms with Crippen LogP contribution in [0.3, 0.4) is 0 Å². The van der Waals surface area contributed by atoms with Crippen molar-refractivity contribution in [3.8, 4) is 0 Å². The highest BCUT2D eigenvalue weighted by molar-refractivity contribution is 7.89. The fourth-order valence-corrected chi connectivity index (χ4v) is 4.86. The normalized spacial score (nSPS) is 15.4. The SMILES string of the molecule is CCS(=O)(=O)N(C)C1CCN(C(=O)c2ccccc2C(=O)c2ccc(Cl)cc2)CC1. The lowest BCUT2D eigenvalue weighted by Gasteiger charge is -2.36. The highest BCUT2D eigenvalue weighted by Gasteiger charge is 2.31. The predicted octanol–water partition coefficient (Wildman–Crippen LogP) is 3.46. The van der Waals surface area contributed by atoms with Crippen LogP contribution in [0.1, 0.15) is 46.0 Å². The molecule has 3 rings (SSSR count). The maximum Gasteiger partial charge on any atom is 0.254 e. The Morgan fingerprint density at radius 2 is 1.60 bits per heavy atom. The number of piperidine rings is 1. The van der Waals surface area contributed by atoms with Gasteiger partial charge in [0.05, 0.1) is 11.3 Å². The summed E-state index contributed by atoms with van der Waals surface area (Å²) in [5.74, 6) is -0.394. The van der Waals surface area contributed by atoms with Crippen LogP contribution < -0.4 is 0 Å². The molecule has 1 fully saturated rings. The Bertz CT molecular complexity index is 1030. The molecule has 1 aliphatic heterocycles. The van der Waals surface area contributed by atoms with Gasteiger partial charge < -0.3 is 4.90 Å². The van der Waals surface area contributed by atoms with E-state index in [1.807, 2.05) is 0 Å². The van der Waals surface area contributed by atoms with Gasteiger partial charge in [0.2, 0.25) is 10.0 Å². The van der Waals surface area contributed by atoms with Crippen LogP contribution >= 0.6 is 11.6 Å². The van der Waals surface area contributed by atoms with Crippen LogP contribution in [0.25, 0.3) is 0 Å². The number of carbonyl (C=O) groups excluding carboxylic acids is 2. The van der Waals surface area contributed by atoms with E-state index in [1.54, 1.807) is 67.4 Å². The van der Waals surface area contributed by atoms with E-state index in [4.69, 9.17) is 11.6 Å². The topological polar surface area (TPSA) is 74.8 Å². The molecule has 0 spiro atoms. The van der Waals surface area contributed by atoms with Gasteiger partial charge in [0, 0.05) is 42.3 Å². The fraction of sp³-hybridized carbons (Fsp3) is 0.364. The van der Waals surface area contributed by atoms with Gasteiger partial charge in [0.15, 0.2) is 5.78 Å². The number of hydrogen-bond donors (Lipinski definition) is 0. The quantitative estimate of drug-likeness (QED) is 0.634. The van der Waals surface area contributed by atoms with Crippen molar-refractivity contribution in [2.75, 3.05) is 25.9 Å². The third-order valence-electron chi connectivity index (χ3n) is 5.58. The summed E-state index contributed by atoms with van der Waals surface area (Å²) in [6.07, 6.45) is 1.13. The molecule has 1 saturated heterocycles. The van der Waals surface area contributed by atoms with E-state index in [1.165, 1.54) is 4.31 Å². The lowest BCUT2D eigenvalue weighted by molar-refractivity contribution is 0.0682. The van der Waals surface area contributed by atoms with Gasteiger partial charge in [-0.15, -0.1) is 0 Å². The van der Waals surface area contributed by atoms with Gasteiger partial charge in [-0.2, -0.15) is 0 Å². The standard InChI is InChI=1S/C22H25ClN2O4S/c1-3-30(28,29)24(2)18-12-14-25(15-13-18)22(27)20-7-5-4-6-19(20)21(26)16-8-10-17(23)11-9-16/h4-11,18H,3,12-15H2,1-2H3. The Morgan fingerprint density at radius 1 is 1.03 bits per heavy atom. The molecule has 6 nitrogen and oxygen atoms in total. The molecule has 1 heterocycles. The Labute approximate surface area is 182 Å². The molecule has 160 valence electrons. The average molecular weight is 449 g/mol. The van der Waals surface area contributed by atoms with E-state index in [2.05, 4.69) is 0 Å². The number of amides is 1. The van der Waals surface area contributed by atoms with Crippen molar-refractivity contribution in [2.24, 2.45) is 0 Å². The van der Waals surface area contributed by atoms with Crippen molar-refractivity contribution in [2.45, 2.75) is 25.8 Å². The summed E-state index contributed by atoms with van der Waals surface area (Å²) >= 11 is 5.90. The zero-order valence-corrected chi connectivity index (χ0v) is 18.6. The van der Waals surface area contributed by atoms with Crippen LogP contribution in [0.2, 0.25) is 5.02 Å². The minimum Gasteiger partial charge on any atom is -0.339 e. The molecule has 0 atom stereocenters. The Hall–Kier alpha value is -2.22. The van der Waals surface area contributed by atoms with Crippen molar-refractivity contribution < 1.29 is 18.0 Å². The second-order valence-corrected chi connectivity index (χ2v) is 10.1. The first-order valence-corrected chi connectivity index (χ1v) is 11.9. The van der Waals surface area contributed by atoms with Gasteiger partial charge in [0.1, 0.15) is 0 Å². The number of likely N-dealkylation sites (tertiary alicyclic amines) is 1. The van der Waals surface area contributed by atoms with Gasteiger partial charge in [-0.3, -0.25) is 9.59 Å². The van der Waals surface area contributed by atoms with E-state index in [9.17, 15) is 18.0 Å². The summed E-state index contributed by atoms with van der Waals surface area (Å²) in [5, 5.41) is 0.536. The number of benzene rings is 2. The molecule has 1 aliphatic rings. The summed E-state index contributed by atoms with van der Waals surface area (Å²) in [5.41, 5.74) is 1.16. The average Bonchev–Trinajstić information content (AvgIpc) is 2.78. The molecule has 0 bridgehead atoms. The highest BCUT2D eigenvalue weighted by Crippen LogP contribution is 2.23. The van der Waals surface area contributed by atoms with Crippen molar-refractivity contribution >= 4 is 33.3 Å². The van der Waals surface area contributed by atoms with Crippen molar-refractivity contribution in [3.05, 3.63) is 70.2 Å². The van der Waals surface area contributed by atoms with E-state index in [0.717, 1.165) is 0 Å². The van der Waals surface area contributed by atoms with Gasteiger partial charge in [-0.05, 0) is 50.1 Å².